The molecule has 5 nitrogen and oxygen atoms in total. The minimum Gasteiger partial charge on any atom is -0.353 e. The molecule has 23 heavy (non-hydrogen) atoms. The predicted octanol–water partition coefficient (Wildman–Crippen LogP) is 1.04. The van der Waals surface area contributed by atoms with E-state index in [9.17, 15) is 14.0 Å². The van der Waals surface area contributed by atoms with Gasteiger partial charge in [-0.3, -0.25) is 9.59 Å². The lowest BCUT2D eigenvalue weighted by atomic mass is 10.0. The fraction of sp³-hybridized carbons (Fsp3) is 0.412. The molecule has 0 aliphatic carbocycles. The van der Waals surface area contributed by atoms with E-state index in [0.717, 1.165) is 18.4 Å². The first-order valence-corrected chi connectivity index (χ1v) is 7.81. The molecule has 1 aliphatic rings. The molecule has 4 N–H and O–H groups in total. The Morgan fingerprint density at radius 2 is 2.09 bits per heavy atom. The monoisotopic (exact) mass is 319 g/mol. The minimum atomic E-state index is -0.575. The number of rotatable bonds is 2. The number of hydrogen-bond acceptors (Lipinski definition) is 3. The van der Waals surface area contributed by atoms with Crippen molar-refractivity contribution in [3.8, 4) is 0 Å². The summed E-state index contributed by atoms with van der Waals surface area (Å²) in [6.45, 7) is 0.562. The molecule has 1 aromatic rings. The summed E-state index contributed by atoms with van der Waals surface area (Å²) in [7, 11) is 0. The van der Waals surface area contributed by atoms with Crippen LogP contribution in [0.1, 0.15) is 24.8 Å². The maximum absolute atomic E-state index is 13.3. The zero-order valence-corrected chi connectivity index (χ0v) is 12.9. The molecule has 1 aromatic carbocycles. The van der Waals surface area contributed by atoms with Crippen molar-refractivity contribution in [2.75, 3.05) is 6.54 Å². The van der Waals surface area contributed by atoms with Crippen LogP contribution in [0.25, 0.3) is 0 Å². The molecule has 0 fully saturated rings. The molecule has 1 unspecified atom stereocenters. The maximum atomic E-state index is 13.3. The van der Waals surface area contributed by atoms with E-state index in [0.29, 0.717) is 19.4 Å². The SMILES string of the molecule is N[C@H]1CCCCNC(=O)/C=C/C(Cc2cccc(F)c2)NC1=O. The zero-order chi connectivity index (χ0) is 16.7. The topological polar surface area (TPSA) is 84.2 Å². The van der Waals surface area contributed by atoms with Gasteiger partial charge in [-0.25, -0.2) is 4.39 Å². The summed E-state index contributed by atoms with van der Waals surface area (Å²) in [6, 6.07) is 5.18. The Labute approximate surface area is 135 Å². The van der Waals surface area contributed by atoms with Crippen LogP contribution in [-0.2, 0) is 16.0 Å². The third kappa shape index (κ3) is 5.83. The largest absolute Gasteiger partial charge is 0.353 e. The van der Waals surface area contributed by atoms with Gasteiger partial charge in [-0.2, -0.15) is 0 Å². The van der Waals surface area contributed by atoms with E-state index in [4.69, 9.17) is 5.73 Å². The number of carbonyl (C=O) groups excluding carboxylic acids is 2. The highest BCUT2D eigenvalue weighted by atomic mass is 19.1. The van der Waals surface area contributed by atoms with Crippen LogP contribution in [0, 0.1) is 5.82 Å². The third-order valence-electron chi connectivity index (χ3n) is 3.73. The summed E-state index contributed by atoms with van der Waals surface area (Å²) in [5.74, 6) is -0.786. The normalized spacial score (nSPS) is 24.8. The van der Waals surface area contributed by atoms with Crippen LogP contribution in [-0.4, -0.2) is 30.4 Å². The molecule has 6 heteroatoms. The van der Waals surface area contributed by atoms with E-state index in [2.05, 4.69) is 10.6 Å². The maximum Gasteiger partial charge on any atom is 0.243 e. The molecule has 2 rings (SSSR count). The summed E-state index contributed by atoms with van der Waals surface area (Å²) >= 11 is 0. The van der Waals surface area contributed by atoms with Crippen LogP contribution < -0.4 is 16.4 Å². The van der Waals surface area contributed by atoms with E-state index < -0.39 is 12.1 Å². The van der Waals surface area contributed by atoms with Crippen LogP contribution in [0.2, 0.25) is 0 Å². The van der Waals surface area contributed by atoms with Gasteiger partial charge in [0.1, 0.15) is 5.82 Å². The van der Waals surface area contributed by atoms with Crippen molar-refractivity contribution >= 4 is 11.8 Å². The Balaban J connectivity index is 2.13. The average Bonchev–Trinajstić information content (AvgIpc) is 2.51. The summed E-state index contributed by atoms with van der Waals surface area (Å²) < 4.78 is 13.3. The van der Waals surface area contributed by atoms with Crippen molar-refractivity contribution in [1.82, 2.24) is 10.6 Å². The summed E-state index contributed by atoms with van der Waals surface area (Å²) in [6.07, 6.45) is 5.53. The van der Waals surface area contributed by atoms with Gasteiger partial charge in [0.15, 0.2) is 0 Å². The number of carbonyl (C=O) groups is 2. The Morgan fingerprint density at radius 3 is 2.87 bits per heavy atom. The molecule has 0 saturated heterocycles. The molecular weight excluding hydrogens is 297 g/mol. The van der Waals surface area contributed by atoms with E-state index in [1.807, 2.05) is 0 Å². The second-order valence-corrected chi connectivity index (χ2v) is 5.70. The van der Waals surface area contributed by atoms with Gasteiger partial charge in [0, 0.05) is 12.6 Å². The number of benzene rings is 1. The summed E-state index contributed by atoms with van der Waals surface area (Å²) in [5.41, 5.74) is 6.62. The Hall–Kier alpha value is -2.21. The first-order valence-electron chi connectivity index (χ1n) is 7.81. The fourth-order valence-electron chi connectivity index (χ4n) is 2.47. The Morgan fingerprint density at radius 1 is 1.26 bits per heavy atom. The van der Waals surface area contributed by atoms with Crippen molar-refractivity contribution in [3.05, 3.63) is 47.8 Å². The van der Waals surface area contributed by atoms with E-state index >= 15 is 0 Å². The number of hydrogen-bond donors (Lipinski definition) is 3. The molecule has 2 atom stereocenters. The Kier molecular flexibility index (Phi) is 6.29. The lowest BCUT2D eigenvalue weighted by Gasteiger charge is -2.19. The average molecular weight is 319 g/mol. The quantitative estimate of drug-likeness (QED) is 0.761. The molecule has 1 heterocycles. The molecule has 0 saturated carbocycles. The van der Waals surface area contributed by atoms with E-state index in [1.165, 1.54) is 18.2 Å². The lowest BCUT2D eigenvalue weighted by molar-refractivity contribution is -0.123. The first kappa shape index (κ1) is 17.1. The smallest absolute Gasteiger partial charge is 0.243 e. The van der Waals surface area contributed by atoms with Crippen molar-refractivity contribution in [2.24, 2.45) is 5.73 Å². The number of halogens is 1. The van der Waals surface area contributed by atoms with Crippen molar-refractivity contribution in [2.45, 2.75) is 37.8 Å². The highest BCUT2D eigenvalue weighted by Crippen LogP contribution is 2.08. The van der Waals surface area contributed by atoms with Crippen molar-refractivity contribution in [3.63, 3.8) is 0 Å². The number of nitrogens with two attached hydrogens (primary N) is 1. The van der Waals surface area contributed by atoms with E-state index in [-0.39, 0.29) is 17.6 Å². The third-order valence-corrected chi connectivity index (χ3v) is 3.73. The van der Waals surface area contributed by atoms with Gasteiger partial charge in [-0.05, 0) is 43.4 Å². The van der Waals surface area contributed by atoms with Crippen molar-refractivity contribution < 1.29 is 14.0 Å². The lowest BCUT2D eigenvalue weighted by Crippen LogP contribution is -2.45. The highest BCUT2D eigenvalue weighted by molar-refractivity contribution is 5.88. The zero-order valence-electron chi connectivity index (χ0n) is 12.9. The summed E-state index contributed by atoms with van der Waals surface area (Å²) in [5, 5.41) is 5.60. The van der Waals surface area contributed by atoms with Crippen LogP contribution in [0.15, 0.2) is 36.4 Å². The second-order valence-electron chi connectivity index (χ2n) is 5.70. The molecule has 0 bridgehead atoms. The second kappa shape index (κ2) is 8.43. The Bertz CT molecular complexity index is 589. The van der Waals surface area contributed by atoms with Crippen LogP contribution in [0.5, 0.6) is 0 Å². The molecular formula is C17H22FN3O2. The summed E-state index contributed by atoms with van der Waals surface area (Å²) in [4.78, 5) is 23.8. The van der Waals surface area contributed by atoms with Crippen molar-refractivity contribution in [1.29, 1.82) is 0 Å². The van der Waals surface area contributed by atoms with Gasteiger partial charge in [0.2, 0.25) is 11.8 Å². The van der Waals surface area contributed by atoms with E-state index in [1.54, 1.807) is 18.2 Å². The minimum absolute atomic E-state index is 0.201. The van der Waals surface area contributed by atoms with Gasteiger partial charge in [-0.1, -0.05) is 18.2 Å². The van der Waals surface area contributed by atoms with Crippen LogP contribution >= 0.6 is 0 Å². The van der Waals surface area contributed by atoms with Crippen LogP contribution in [0.3, 0.4) is 0 Å². The first-order chi connectivity index (χ1) is 11.0. The highest BCUT2D eigenvalue weighted by Gasteiger charge is 2.17. The molecule has 0 aromatic heterocycles. The standard InChI is InChI=1S/C17H22FN3O2/c18-13-5-3-4-12(10-13)11-14-7-8-16(22)20-9-2-1-6-15(19)17(23)21-14/h3-5,7-8,10,14-15H,1-2,6,9,11,19H2,(H,20,22)(H,21,23)/b8-7+/t14?,15-/m0/s1. The van der Waals surface area contributed by atoms with Gasteiger partial charge in [0.05, 0.1) is 12.1 Å². The molecule has 1 aliphatic heterocycles. The predicted molar refractivity (Wildman–Crippen MR) is 86.0 cm³/mol. The molecule has 0 spiro atoms. The number of amides is 2. The molecule has 124 valence electrons. The van der Waals surface area contributed by atoms with Gasteiger partial charge in [-0.15, -0.1) is 0 Å². The van der Waals surface area contributed by atoms with Gasteiger partial charge < -0.3 is 16.4 Å². The molecule has 0 radical (unpaired) electrons. The molecule has 2 amide bonds. The fourth-order valence-corrected chi connectivity index (χ4v) is 2.47. The number of nitrogens with one attached hydrogen (secondary N) is 2. The van der Waals surface area contributed by atoms with Gasteiger partial charge in [0.25, 0.3) is 0 Å². The van der Waals surface area contributed by atoms with Crippen LogP contribution in [0.4, 0.5) is 4.39 Å². The van der Waals surface area contributed by atoms with Gasteiger partial charge >= 0.3 is 0 Å².